The van der Waals surface area contributed by atoms with Gasteiger partial charge in [0, 0.05) is 24.9 Å². The average Bonchev–Trinajstić information content (AvgIpc) is 3.43. The third-order valence-corrected chi connectivity index (χ3v) is 5.53. The lowest BCUT2D eigenvalue weighted by Gasteiger charge is -2.16. The fourth-order valence-corrected chi connectivity index (χ4v) is 3.66. The van der Waals surface area contributed by atoms with Gasteiger partial charge in [0.2, 0.25) is 5.95 Å². The van der Waals surface area contributed by atoms with Gasteiger partial charge in [0.15, 0.2) is 0 Å². The van der Waals surface area contributed by atoms with Crippen molar-refractivity contribution in [3.63, 3.8) is 0 Å². The summed E-state index contributed by atoms with van der Waals surface area (Å²) in [5.74, 6) is 0.895. The second kappa shape index (κ2) is 8.40. The molecule has 0 saturated carbocycles. The van der Waals surface area contributed by atoms with Crippen LogP contribution in [0, 0.1) is 12.7 Å². The van der Waals surface area contributed by atoms with Crippen molar-refractivity contribution in [1.82, 2.24) is 34.7 Å². The molecule has 3 aromatic heterocycles. The third-order valence-electron chi connectivity index (χ3n) is 5.53. The molecule has 0 spiro atoms. The molecule has 33 heavy (non-hydrogen) atoms. The third kappa shape index (κ3) is 3.92. The zero-order chi connectivity index (χ0) is 22.9. The molecule has 0 amide bonds. The first-order valence-corrected chi connectivity index (χ1v) is 10.3. The van der Waals surface area contributed by atoms with Gasteiger partial charge in [-0.1, -0.05) is 23.4 Å². The van der Waals surface area contributed by atoms with Crippen LogP contribution in [0.1, 0.15) is 17.2 Å². The van der Waals surface area contributed by atoms with Gasteiger partial charge in [0.1, 0.15) is 23.2 Å². The number of aromatic nitrogens is 7. The van der Waals surface area contributed by atoms with Crippen LogP contribution in [0.5, 0.6) is 0 Å². The number of aryl methyl sites for hydroxylation is 2. The molecule has 0 fully saturated rings. The Bertz CT molecular complexity index is 1440. The number of hydrogen-bond acceptors (Lipinski definition) is 7. The Morgan fingerprint density at radius 1 is 1.09 bits per heavy atom. The van der Waals surface area contributed by atoms with Crippen molar-refractivity contribution in [2.24, 2.45) is 7.05 Å². The molecule has 5 rings (SSSR count). The molecule has 10 heteroatoms. The fourth-order valence-electron chi connectivity index (χ4n) is 3.66. The first kappa shape index (κ1) is 20.7. The summed E-state index contributed by atoms with van der Waals surface area (Å²) in [6.45, 7) is 1.46. The van der Waals surface area contributed by atoms with E-state index in [4.69, 9.17) is 0 Å². The normalized spacial score (nSPS) is 12.2. The van der Waals surface area contributed by atoms with Crippen LogP contribution in [0.15, 0.2) is 60.9 Å². The van der Waals surface area contributed by atoms with Crippen LogP contribution in [-0.2, 0) is 7.05 Å². The van der Waals surface area contributed by atoms with E-state index in [9.17, 15) is 9.50 Å². The smallest absolute Gasteiger partial charge is 0.228 e. The lowest BCUT2D eigenvalue weighted by molar-refractivity contribution is 0.242. The number of aliphatic hydroxyl groups excluding tert-OH is 1. The van der Waals surface area contributed by atoms with Crippen molar-refractivity contribution in [2.45, 2.75) is 13.0 Å². The Balaban J connectivity index is 1.47. The van der Waals surface area contributed by atoms with Crippen LogP contribution < -0.4 is 5.32 Å². The molecule has 166 valence electrons. The van der Waals surface area contributed by atoms with E-state index in [0.717, 1.165) is 16.9 Å². The number of rotatable bonds is 6. The molecule has 1 atom stereocenters. The molecular formula is C23H21FN8O. The average molecular weight is 444 g/mol. The first-order valence-electron chi connectivity index (χ1n) is 10.3. The predicted octanol–water partition coefficient (Wildman–Crippen LogP) is 3.39. The van der Waals surface area contributed by atoms with Gasteiger partial charge in [-0.3, -0.25) is 4.68 Å². The Morgan fingerprint density at radius 3 is 2.73 bits per heavy atom. The van der Waals surface area contributed by atoms with Crippen molar-refractivity contribution < 1.29 is 9.50 Å². The van der Waals surface area contributed by atoms with Crippen molar-refractivity contribution in [3.05, 3.63) is 77.9 Å². The quantitative estimate of drug-likeness (QED) is 0.413. The van der Waals surface area contributed by atoms with Gasteiger partial charge in [-0.05, 0) is 42.3 Å². The number of nitrogens with zero attached hydrogens (tertiary/aromatic N) is 7. The zero-order valence-corrected chi connectivity index (χ0v) is 18.0. The number of aliphatic hydroxyl groups is 1. The van der Waals surface area contributed by atoms with Crippen LogP contribution in [0.3, 0.4) is 0 Å². The summed E-state index contributed by atoms with van der Waals surface area (Å²) < 4.78 is 17.4. The summed E-state index contributed by atoms with van der Waals surface area (Å²) in [5, 5.41) is 25.8. The fraction of sp³-hybridized carbons (Fsp3) is 0.174. The minimum atomic E-state index is -0.551. The van der Waals surface area contributed by atoms with Crippen molar-refractivity contribution in [3.8, 4) is 11.3 Å². The van der Waals surface area contributed by atoms with Crippen molar-refractivity contribution in [2.75, 3.05) is 11.9 Å². The van der Waals surface area contributed by atoms with E-state index < -0.39 is 6.04 Å². The van der Waals surface area contributed by atoms with E-state index in [1.807, 2.05) is 37.4 Å². The lowest BCUT2D eigenvalue weighted by Crippen LogP contribution is -2.16. The summed E-state index contributed by atoms with van der Waals surface area (Å²) in [7, 11) is 1.83. The van der Waals surface area contributed by atoms with Crippen molar-refractivity contribution >= 4 is 22.8 Å². The lowest BCUT2D eigenvalue weighted by atomic mass is 10.0. The summed E-state index contributed by atoms with van der Waals surface area (Å²) in [5.41, 5.74) is 4.08. The number of halogens is 1. The highest BCUT2D eigenvalue weighted by Crippen LogP contribution is 2.27. The topological polar surface area (TPSA) is 107 Å². The summed E-state index contributed by atoms with van der Waals surface area (Å²) >= 11 is 0. The minimum Gasteiger partial charge on any atom is -0.394 e. The van der Waals surface area contributed by atoms with E-state index in [2.05, 4.69) is 30.7 Å². The maximum atomic E-state index is 14.1. The van der Waals surface area contributed by atoms with E-state index in [-0.39, 0.29) is 12.4 Å². The summed E-state index contributed by atoms with van der Waals surface area (Å²) in [6.07, 6.45) is 3.36. The largest absolute Gasteiger partial charge is 0.394 e. The van der Waals surface area contributed by atoms with Gasteiger partial charge in [0.05, 0.1) is 24.0 Å². The molecule has 0 bridgehead atoms. The molecular weight excluding hydrogens is 423 g/mol. The van der Waals surface area contributed by atoms with Crippen molar-refractivity contribution in [1.29, 1.82) is 0 Å². The van der Waals surface area contributed by atoms with E-state index in [1.54, 1.807) is 40.8 Å². The highest BCUT2D eigenvalue weighted by molar-refractivity contribution is 5.81. The van der Waals surface area contributed by atoms with Crippen LogP contribution >= 0.6 is 0 Å². The standard InChI is InChI=1S/C23H21FN8O/c1-14-3-4-16(11-17(14)24)21(13-33)32-20-6-5-15(12-19(20)29-30-32)18-7-9-25-23(27-18)28-22-8-10-26-31(22)2/h3-12,21,33H,13H2,1-2H3,(H,25,27,28)/t21-/m1/s1. The van der Waals surface area contributed by atoms with Crippen LogP contribution in [-0.4, -0.2) is 46.5 Å². The number of fused-ring (bicyclic) bond motifs is 1. The highest BCUT2D eigenvalue weighted by atomic mass is 19.1. The maximum absolute atomic E-state index is 14.1. The SMILES string of the molecule is Cc1ccc([C@@H](CO)n2nnc3cc(-c4ccnc(Nc5ccnn5C)n4)ccc32)cc1F. The predicted molar refractivity (Wildman–Crippen MR) is 121 cm³/mol. The van der Waals surface area contributed by atoms with E-state index >= 15 is 0 Å². The van der Waals surface area contributed by atoms with E-state index in [0.29, 0.717) is 28.3 Å². The molecule has 0 radical (unpaired) electrons. The highest BCUT2D eigenvalue weighted by Gasteiger charge is 2.19. The molecule has 3 heterocycles. The monoisotopic (exact) mass is 444 g/mol. The zero-order valence-electron chi connectivity index (χ0n) is 18.0. The van der Waals surface area contributed by atoms with E-state index in [1.165, 1.54) is 6.07 Å². The molecule has 0 aliphatic heterocycles. The molecule has 0 unspecified atom stereocenters. The van der Waals surface area contributed by atoms with Crippen LogP contribution in [0.25, 0.3) is 22.3 Å². The second-order valence-electron chi connectivity index (χ2n) is 7.68. The van der Waals surface area contributed by atoms with Gasteiger partial charge >= 0.3 is 0 Å². The molecule has 0 aliphatic carbocycles. The minimum absolute atomic E-state index is 0.238. The molecule has 0 aliphatic rings. The summed E-state index contributed by atoms with van der Waals surface area (Å²) in [6, 6.07) is 13.6. The van der Waals surface area contributed by atoms with Gasteiger partial charge in [-0.2, -0.15) is 5.10 Å². The van der Waals surface area contributed by atoms with Crippen LogP contribution in [0.4, 0.5) is 16.2 Å². The Hall–Kier alpha value is -4.18. The Labute approximate surface area is 188 Å². The molecule has 5 aromatic rings. The molecule has 2 N–H and O–H groups in total. The molecule has 9 nitrogen and oxygen atoms in total. The Morgan fingerprint density at radius 2 is 1.97 bits per heavy atom. The molecule has 2 aromatic carbocycles. The number of benzene rings is 2. The number of hydrogen-bond donors (Lipinski definition) is 2. The van der Waals surface area contributed by atoms with Crippen LogP contribution in [0.2, 0.25) is 0 Å². The van der Waals surface area contributed by atoms with Gasteiger partial charge in [0.25, 0.3) is 0 Å². The number of nitrogens with one attached hydrogen (secondary N) is 1. The van der Waals surface area contributed by atoms with Gasteiger partial charge in [-0.15, -0.1) is 5.10 Å². The van der Waals surface area contributed by atoms with Gasteiger partial charge < -0.3 is 10.4 Å². The van der Waals surface area contributed by atoms with Gasteiger partial charge in [-0.25, -0.2) is 19.0 Å². The Kier molecular flexibility index (Phi) is 5.27. The number of anilines is 2. The first-order chi connectivity index (χ1) is 16.0. The molecule has 0 saturated heterocycles. The summed E-state index contributed by atoms with van der Waals surface area (Å²) in [4.78, 5) is 8.86. The second-order valence-corrected chi connectivity index (χ2v) is 7.68. The maximum Gasteiger partial charge on any atom is 0.228 e.